The summed E-state index contributed by atoms with van der Waals surface area (Å²) in [5.41, 5.74) is 1.61. The molecule has 1 aromatic carbocycles. The molecule has 0 aliphatic heterocycles. The predicted octanol–water partition coefficient (Wildman–Crippen LogP) is 2.94. The van der Waals surface area contributed by atoms with Gasteiger partial charge < -0.3 is 0 Å². The molecule has 0 fully saturated rings. The van der Waals surface area contributed by atoms with Crippen LogP contribution in [0.1, 0.15) is 25.5 Å². The average Bonchev–Trinajstić information content (AvgIpc) is 2.60. The lowest BCUT2D eigenvalue weighted by Crippen LogP contribution is -2.13. The summed E-state index contributed by atoms with van der Waals surface area (Å²) < 4.78 is 1.50. The second-order valence-electron chi connectivity index (χ2n) is 4.02. The second-order valence-corrected chi connectivity index (χ2v) is 4.46. The van der Waals surface area contributed by atoms with Crippen molar-refractivity contribution in [3.63, 3.8) is 0 Å². The van der Waals surface area contributed by atoms with Crippen molar-refractivity contribution in [1.82, 2.24) is 9.78 Å². The van der Waals surface area contributed by atoms with Gasteiger partial charge in [0.15, 0.2) is 0 Å². The smallest absolute Gasteiger partial charge is 0.271 e. The van der Waals surface area contributed by atoms with Crippen molar-refractivity contribution in [1.29, 1.82) is 0 Å². The maximum absolute atomic E-state index is 11.7. The molecule has 0 radical (unpaired) electrons. The summed E-state index contributed by atoms with van der Waals surface area (Å²) in [6.07, 6.45) is 0. The molecule has 4 heteroatoms. The zero-order valence-corrected chi connectivity index (χ0v) is 9.95. The van der Waals surface area contributed by atoms with Gasteiger partial charge in [0.25, 0.3) is 5.56 Å². The van der Waals surface area contributed by atoms with Crippen molar-refractivity contribution < 1.29 is 0 Å². The molecule has 1 N–H and O–H groups in total. The molecule has 16 heavy (non-hydrogen) atoms. The number of hydrogen-bond donors (Lipinski definition) is 1. The zero-order chi connectivity index (χ0) is 11.7. The van der Waals surface area contributed by atoms with Crippen LogP contribution in [0.5, 0.6) is 0 Å². The number of aromatic nitrogens is 2. The van der Waals surface area contributed by atoms with Gasteiger partial charge in [0, 0.05) is 16.8 Å². The maximum atomic E-state index is 11.7. The molecule has 2 aromatic rings. The first-order valence-electron chi connectivity index (χ1n) is 5.16. The quantitative estimate of drug-likeness (QED) is 0.855. The van der Waals surface area contributed by atoms with Crippen LogP contribution in [-0.4, -0.2) is 9.78 Å². The fourth-order valence-electron chi connectivity index (χ4n) is 1.52. The molecular weight excluding hydrogens is 224 g/mol. The van der Waals surface area contributed by atoms with Gasteiger partial charge in [-0.3, -0.25) is 9.89 Å². The van der Waals surface area contributed by atoms with Crippen LogP contribution < -0.4 is 5.56 Å². The van der Waals surface area contributed by atoms with Gasteiger partial charge in [0.05, 0.1) is 5.69 Å². The predicted molar refractivity (Wildman–Crippen MR) is 65.5 cm³/mol. The van der Waals surface area contributed by atoms with Crippen molar-refractivity contribution in [2.24, 2.45) is 0 Å². The third-order valence-electron chi connectivity index (χ3n) is 2.43. The number of hydrogen-bond acceptors (Lipinski definition) is 1. The Balaban J connectivity index is 2.52. The highest BCUT2D eigenvalue weighted by atomic mass is 35.5. The van der Waals surface area contributed by atoms with E-state index in [1.807, 2.05) is 26.0 Å². The molecule has 0 unspecified atom stereocenters. The van der Waals surface area contributed by atoms with Crippen LogP contribution in [0.2, 0.25) is 5.02 Å². The number of H-pyrrole nitrogens is 1. The topological polar surface area (TPSA) is 37.8 Å². The van der Waals surface area contributed by atoms with Gasteiger partial charge in [0.1, 0.15) is 0 Å². The highest BCUT2D eigenvalue weighted by molar-refractivity contribution is 6.30. The molecule has 0 amide bonds. The van der Waals surface area contributed by atoms with E-state index in [9.17, 15) is 4.79 Å². The Hall–Kier alpha value is -1.48. The minimum absolute atomic E-state index is 0.0639. The zero-order valence-electron chi connectivity index (χ0n) is 9.20. The Morgan fingerprint density at radius 2 is 2.06 bits per heavy atom. The monoisotopic (exact) mass is 236 g/mol. The summed E-state index contributed by atoms with van der Waals surface area (Å²) in [6.45, 7) is 4.07. The summed E-state index contributed by atoms with van der Waals surface area (Å²) in [6, 6.07) is 8.81. The van der Waals surface area contributed by atoms with Crippen LogP contribution >= 0.6 is 11.6 Å². The fourth-order valence-corrected chi connectivity index (χ4v) is 1.70. The van der Waals surface area contributed by atoms with E-state index in [1.54, 1.807) is 18.2 Å². The number of benzene rings is 1. The average molecular weight is 237 g/mol. The van der Waals surface area contributed by atoms with Crippen LogP contribution in [0.4, 0.5) is 0 Å². The SMILES string of the molecule is CC(C)c1cc(=O)n(-c2cccc(Cl)c2)[nH]1. The Kier molecular flexibility index (Phi) is 2.88. The first-order chi connectivity index (χ1) is 7.58. The van der Waals surface area contributed by atoms with Gasteiger partial charge in [-0.1, -0.05) is 31.5 Å². The number of aromatic amines is 1. The first-order valence-corrected chi connectivity index (χ1v) is 5.53. The third-order valence-corrected chi connectivity index (χ3v) is 2.66. The van der Waals surface area contributed by atoms with Gasteiger partial charge in [-0.05, 0) is 24.1 Å². The van der Waals surface area contributed by atoms with Crippen LogP contribution in [0.15, 0.2) is 35.1 Å². The lowest BCUT2D eigenvalue weighted by Gasteiger charge is -2.03. The third kappa shape index (κ3) is 2.04. The van der Waals surface area contributed by atoms with Crippen molar-refractivity contribution in [2.45, 2.75) is 19.8 Å². The number of halogens is 1. The maximum Gasteiger partial charge on any atom is 0.271 e. The Labute approximate surface area is 98.7 Å². The van der Waals surface area contributed by atoms with E-state index in [0.29, 0.717) is 10.9 Å². The summed E-state index contributed by atoms with van der Waals surface area (Å²) in [7, 11) is 0. The molecular formula is C12H13ClN2O. The Bertz CT molecular complexity index is 554. The summed E-state index contributed by atoms with van der Waals surface area (Å²) in [5, 5.41) is 3.69. The van der Waals surface area contributed by atoms with Crippen molar-refractivity contribution in [3.8, 4) is 5.69 Å². The van der Waals surface area contributed by atoms with E-state index < -0.39 is 0 Å². The summed E-state index contributed by atoms with van der Waals surface area (Å²) in [4.78, 5) is 11.7. The standard InChI is InChI=1S/C12H13ClN2O/c1-8(2)11-7-12(16)15(14-11)10-5-3-4-9(13)6-10/h3-8,14H,1-2H3. The fraction of sp³-hybridized carbons (Fsp3) is 0.250. The van der Waals surface area contributed by atoms with E-state index in [-0.39, 0.29) is 5.56 Å². The minimum Gasteiger partial charge on any atom is -0.295 e. The second kappa shape index (κ2) is 4.18. The van der Waals surface area contributed by atoms with Gasteiger partial charge in [-0.25, -0.2) is 4.68 Å². The van der Waals surface area contributed by atoms with E-state index in [4.69, 9.17) is 11.6 Å². The first kappa shape index (κ1) is 11.0. The van der Waals surface area contributed by atoms with Crippen molar-refractivity contribution >= 4 is 11.6 Å². The van der Waals surface area contributed by atoms with Crippen LogP contribution in [0.25, 0.3) is 5.69 Å². The van der Waals surface area contributed by atoms with E-state index in [0.717, 1.165) is 11.4 Å². The number of nitrogens with zero attached hydrogens (tertiary/aromatic N) is 1. The number of rotatable bonds is 2. The summed E-state index contributed by atoms with van der Waals surface area (Å²) >= 11 is 5.89. The largest absolute Gasteiger partial charge is 0.295 e. The summed E-state index contributed by atoms with van der Waals surface area (Å²) in [5.74, 6) is 0.299. The molecule has 0 atom stereocenters. The molecule has 1 aromatic heterocycles. The van der Waals surface area contributed by atoms with E-state index in [2.05, 4.69) is 5.10 Å². The molecule has 84 valence electrons. The van der Waals surface area contributed by atoms with Gasteiger partial charge in [-0.2, -0.15) is 0 Å². The van der Waals surface area contributed by atoms with Crippen LogP contribution in [0.3, 0.4) is 0 Å². The highest BCUT2D eigenvalue weighted by Gasteiger charge is 2.07. The number of nitrogens with one attached hydrogen (secondary N) is 1. The van der Waals surface area contributed by atoms with Crippen LogP contribution in [-0.2, 0) is 0 Å². The lowest BCUT2D eigenvalue weighted by atomic mass is 10.1. The molecule has 1 heterocycles. The minimum atomic E-state index is -0.0639. The van der Waals surface area contributed by atoms with E-state index >= 15 is 0 Å². The van der Waals surface area contributed by atoms with Gasteiger partial charge in [0.2, 0.25) is 0 Å². The van der Waals surface area contributed by atoms with Gasteiger partial charge in [-0.15, -0.1) is 0 Å². The normalized spacial score (nSPS) is 11.0. The lowest BCUT2D eigenvalue weighted by molar-refractivity contribution is 0.760. The van der Waals surface area contributed by atoms with E-state index in [1.165, 1.54) is 4.68 Å². The molecule has 0 aliphatic rings. The molecule has 0 bridgehead atoms. The molecule has 0 spiro atoms. The Morgan fingerprint density at radius 3 is 2.62 bits per heavy atom. The molecule has 0 aliphatic carbocycles. The molecule has 0 saturated heterocycles. The molecule has 3 nitrogen and oxygen atoms in total. The van der Waals surface area contributed by atoms with Crippen molar-refractivity contribution in [2.75, 3.05) is 0 Å². The molecule has 2 rings (SSSR count). The van der Waals surface area contributed by atoms with Crippen molar-refractivity contribution in [3.05, 3.63) is 51.4 Å². The van der Waals surface area contributed by atoms with Gasteiger partial charge >= 0.3 is 0 Å². The molecule has 0 saturated carbocycles. The highest BCUT2D eigenvalue weighted by Crippen LogP contribution is 2.14. The van der Waals surface area contributed by atoms with Crippen LogP contribution in [0, 0.1) is 0 Å². The Morgan fingerprint density at radius 1 is 1.31 bits per heavy atom.